The van der Waals surface area contributed by atoms with Crippen molar-refractivity contribution in [1.29, 1.82) is 0 Å². The first-order valence-electron chi connectivity index (χ1n) is 10.9. The lowest BCUT2D eigenvalue weighted by Crippen LogP contribution is -2.54. The molecule has 0 aromatic heterocycles. The Labute approximate surface area is 168 Å². The highest BCUT2D eigenvalue weighted by Gasteiger charge is 2.50. The van der Waals surface area contributed by atoms with E-state index < -0.39 is 11.8 Å². The van der Waals surface area contributed by atoms with Crippen LogP contribution < -0.4 is 0 Å². The first-order valence-corrected chi connectivity index (χ1v) is 10.9. The van der Waals surface area contributed by atoms with Gasteiger partial charge in [0, 0.05) is 5.41 Å². The van der Waals surface area contributed by atoms with Gasteiger partial charge >= 0.3 is 6.16 Å². The third kappa shape index (κ3) is 7.29. The minimum Gasteiger partial charge on any atom is -0.431 e. The second kappa shape index (κ2) is 10.7. The lowest BCUT2D eigenvalue weighted by atomic mass is 9.67. The number of hydrogen-bond donors (Lipinski definition) is 0. The second-order valence-electron chi connectivity index (χ2n) is 9.36. The second-order valence-corrected chi connectivity index (χ2v) is 9.36. The molecule has 162 valence electrons. The van der Waals surface area contributed by atoms with E-state index in [9.17, 15) is 4.79 Å². The molecule has 0 aromatic carbocycles. The smallest absolute Gasteiger partial charge is 0.431 e. The van der Waals surface area contributed by atoms with E-state index >= 15 is 0 Å². The summed E-state index contributed by atoms with van der Waals surface area (Å²) in [6.07, 6.45) is 3.77. The fourth-order valence-corrected chi connectivity index (χ4v) is 3.62. The van der Waals surface area contributed by atoms with Crippen molar-refractivity contribution >= 4 is 6.16 Å². The monoisotopic (exact) mass is 386 g/mol. The van der Waals surface area contributed by atoms with Gasteiger partial charge in [-0.25, -0.2) is 4.79 Å². The Kier molecular flexibility index (Phi) is 10.4. The van der Waals surface area contributed by atoms with Crippen molar-refractivity contribution in [3.05, 3.63) is 0 Å². The Morgan fingerprint density at radius 3 is 1.81 bits per heavy atom. The summed E-state index contributed by atoms with van der Waals surface area (Å²) in [6, 6.07) is 0. The Balaban J connectivity index is 5.23. The molecule has 0 heterocycles. The molecule has 4 heteroatoms. The lowest BCUT2D eigenvalue weighted by Gasteiger charge is -2.48. The van der Waals surface area contributed by atoms with Crippen molar-refractivity contribution in [3.8, 4) is 0 Å². The van der Waals surface area contributed by atoms with Crippen LogP contribution in [0.3, 0.4) is 0 Å². The van der Waals surface area contributed by atoms with Gasteiger partial charge in [0.15, 0.2) is 0 Å². The van der Waals surface area contributed by atoms with Crippen LogP contribution in [0.15, 0.2) is 0 Å². The molecule has 0 saturated heterocycles. The van der Waals surface area contributed by atoms with E-state index in [0.29, 0.717) is 6.42 Å². The van der Waals surface area contributed by atoms with Crippen molar-refractivity contribution in [2.24, 2.45) is 10.8 Å². The van der Waals surface area contributed by atoms with Crippen molar-refractivity contribution < 1.29 is 19.0 Å². The van der Waals surface area contributed by atoms with E-state index in [-0.39, 0.29) is 29.1 Å². The largest absolute Gasteiger partial charge is 0.509 e. The summed E-state index contributed by atoms with van der Waals surface area (Å²) in [7, 11) is 0. The summed E-state index contributed by atoms with van der Waals surface area (Å²) < 4.78 is 17.8. The maximum absolute atomic E-state index is 12.6. The molecular weight excluding hydrogens is 340 g/mol. The maximum atomic E-state index is 12.6. The van der Waals surface area contributed by atoms with Crippen LogP contribution in [-0.2, 0) is 14.2 Å². The molecule has 0 amide bonds. The highest BCUT2D eigenvalue weighted by Crippen LogP contribution is 2.45. The van der Waals surface area contributed by atoms with Crippen LogP contribution in [0.25, 0.3) is 0 Å². The molecule has 0 aliphatic rings. The van der Waals surface area contributed by atoms with Crippen LogP contribution >= 0.6 is 0 Å². The highest BCUT2D eigenvalue weighted by atomic mass is 16.7. The Hall–Kier alpha value is -0.770. The summed E-state index contributed by atoms with van der Waals surface area (Å²) in [5.74, 6) is 0. The molecule has 0 fully saturated rings. The number of ether oxygens (including phenoxy) is 3. The van der Waals surface area contributed by atoms with Crippen LogP contribution in [-0.4, -0.2) is 30.1 Å². The van der Waals surface area contributed by atoms with Crippen LogP contribution in [0.4, 0.5) is 4.79 Å². The van der Waals surface area contributed by atoms with Crippen molar-refractivity contribution in [2.45, 2.75) is 132 Å². The Morgan fingerprint density at radius 2 is 1.41 bits per heavy atom. The first-order chi connectivity index (χ1) is 12.3. The molecule has 0 rings (SSSR count). The number of carbonyl (C=O) groups excluding carboxylic acids is 1. The quantitative estimate of drug-likeness (QED) is 0.334. The first kappa shape index (κ1) is 26.2. The summed E-state index contributed by atoms with van der Waals surface area (Å²) >= 11 is 0. The van der Waals surface area contributed by atoms with Gasteiger partial charge in [-0.1, -0.05) is 54.9 Å². The van der Waals surface area contributed by atoms with Gasteiger partial charge in [0.05, 0.1) is 12.2 Å². The molecule has 0 aromatic rings. The Bertz CT molecular complexity index is 448. The van der Waals surface area contributed by atoms with Gasteiger partial charge < -0.3 is 14.2 Å². The zero-order valence-electron chi connectivity index (χ0n) is 19.9. The van der Waals surface area contributed by atoms with Gasteiger partial charge in [0.2, 0.25) is 0 Å². The molecule has 0 saturated carbocycles. The van der Waals surface area contributed by atoms with Crippen LogP contribution in [0.5, 0.6) is 0 Å². The Morgan fingerprint density at radius 1 is 0.852 bits per heavy atom. The average molecular weight is 387 g/mol. The molecule has 27 heavy (non-hydrogen) atoms. The predicted molar refractivity (Wildman–Crippen MR) is 113 cm³/mol. The SMILES string of the molecule is CCC(C)OC(C)C(C)(CC)C(C)(CC)OC(=O)OC(C)CC(C)(C)CC. The summed E-state index contributed by atoms with van der Waals surface area (Å²) in [5, 5.41) is 0. The van der Waals surface area contributed by atoms with E-state index in [0.717, 1.165) is 25.7 Å². The number of carbonyl (C=O) groups is 1. The molecular formula is C23H46O4. The minimum absolute atomic E-state index is 0.0355. The summed E-state index contributed by atoms with van der Waals surface area (Å²) in [4.78, 5) is 12.6. The van der Waals surface area contributed by atoms with E-state index in [4.69, 9.17) is 14.2 Å². The fourth-order valence-electron chi connectivity index (χ4n) is 3.62. The predicted octanol–water partition coefficient (Wildman–Crippen LogP) is 7.14. The lowest BCUT2D eigenvalue weighted by molar-refractivity contribution is -0.170. The maximum Gasteiger partial charge on any atom is 0.509 e. The van der Waals surface area contributed by atoms with Gasteiger partial charge in [-0.3, -0.25) is 0 Å². The van der Waals surface area contributed by atoms with Gasteiger partial charge in [-0.05, 0) is 58.8 Å². The summed E-state index contributed by atoms with van der Waals surface area (Å²) in [5.41, 5.74) is -0.827. The molecule has 5 unspecified atom stereocenters. The standard InChI is InChI=1S/C23H46O4/c1-12-17(5)25-19(7)22(10,14-3)23(11,15-4)27-20(24)26-18(6)16-21(8,9)13-2/h17-19H,12-16H2,1-11H3. The van der Waals surface area contributed by atoms with Crippen molar-refractivity contribution in [2.75, 3.05) is 0 Å². The van der Waals surface area contributed by atoms with E-state index in [2.05, 4.69) is 62.3 Å². The normalized spacial score (nSPS) is 20.1. The molecule has 0 radical (unpaired) electrons. The van der Waals surface area contributed by atoms with Gasteiger partial charge in [0.25, 0.3) is 0 Å². The molecule has 0 bridgehead atoms. The van der Waals surface area contributed by atoms with Gasteiger partial charge in [0.1, 0.15) is 11.7 Å². The van der Waals surface area contributed by atoms with Crippen LogP contribution in [0, 0.1) is 10.8 Å². The van der Waals surface area contributed by atoms with Crippen LogP contribution in [0.2, 0.25) is 0 Å². The van der Waals surface area contributed by atoms with Crippen molar-refractivity contribution in [3.63, 3.8) is 0 Å². The van der Waals surface area contributed by atoms with Crippen LogP contribution in [0.1, 0.15) is 108 Å². The molecule has 0 aliphatic heterocycles. The summed E-state index contributed by atoms with van der Waals surface area (Å²) in [6.45, 7) is 23.1. The van der Waals surface area contributed by atoms with E-state index in [1.807, 2.05) is 13.8 Å². The number of rotatable bonds is 12. The number of hydrogen-bond acceptors (Lipinski definition) is 4. The highest BCUT2D eigenvalue weighted by molar-refractivity contribution is 5.61. The van der Waals surface area contributed by atoms with E-state index in [1.54, 1.807) is 0 Å². The third-order valence-electron chi connectivity index (χ3n) is 6.93. The average Bonchev–Trinajstić information content (AvgIpc) is 2.59. The molecule has 0 aliphatic carbocycles. The minimum atomic E-state index is -0.661. The van der Waals surface area contributed by atoms with Gasteiger partial charge in [-0.2, -0.15) is 0 Å². The zero-order chi connectivity index (χ0) is 21.5. The van der Waals surface area contributed by atoms with Crippen molar-refractivity contribution in [1.82, 2.24) is 0 Å². The van der Waals surface area contributed by atoms with E-state index in [1.165, 1.54) is 0 Å². The molecule has 0 spiro atoms. The zero-order valence-corrected chi connectivity index (χ0v) is 19.9. The molecule has 4 nitrogen and oxygen atoms in total. The third-order valence-corrected chi connectivity index (χ3v) is 6.93. The molecule has 0 N–H and O–H groups in total. The fraction of sp³-hybridized carbons (Fsp3) is 0.957. The topological polar surface area (TPSA) is 44.8 Å². The molecule has 5 atom stereocenters. The van der Waals surface area contributed by atoms with Gasteiger partial charge in [-0.15, -0.1) is 0 Å².